The van der Waals surface area contributed by atoms with Gasteiger partial charge in [-0.05, 0) is 37.5 Å². The van der Waals surface area contributed by atoms with Gasteiger partial charge in [-0.3, -0.25) is 9.59 Å². The Hall–Kier alpha value is -1.79. The maximum Gasteiger partial charge on any atom is 0.243 e. The predicted molar refractivity (Wildman–Crippen MR) is 92.5 cm³/mol. The number of amides is 2. The summed E-state index contributed by atoms with van der Waals surface area (Å²) in [6, 6.07) is 0.629. The number of rotatable bonds is 4. The molecule has 4 unspecified atom stereocenters. The summed E-state index contributed by atoms with van der Waals surface area (Å²) in [5.74, 6) is 2.39. The molecule has 0 spiro atoms. The van der Waals surface area contributed by atoms with E-state index in [0.717, 1.165) is 18.3 Å². The molecule has 1 heterocycles. The van der Waals surface area contributed by atoms with Crippen molar-refractivity contribution in [2.45, 2.75) is 50.6 Å². The van der Waals surface area contributed by atoms with Gasteiger partial charge in [0.05, 0.1) is 0 Å². The summed E-state index contributed by atoms with van der Waals surface area (Å²) in [5.41, 5.74) is 0. The van der Waals surface area contributed by atoms with Crippen molar-refractivity contribution in [3.63, 3.8) is 0 Å². The summed E-state index contributed by atoms with van der Waals surface area (Å²) in [7, 11) is 3.48. The van der Waals surface area contributed by atoms with Crippen LogP contribution in [0.3, 0.4) is 0 Å². The van der Waals surface area contributed by atoms with Gasteiger partial charge < -0.3 is 20.9 Å². The number of likely N-dealkylation sites (N-methyl/N-ethyl adjacent to an activating group) is 1. The van der Waals surface area contributed by atoms with Crippen LogP contribution in [0.15, 0.2) is 4.99 Å². The Labute approximate surface area is 143 Å². The highest BCUT2D eigenvalue weighted by atomic mass is 16.2. The van der Waals surface area contributed by atoms with Gasteiger partial charge in [-0.25, -0.2) is 4.99 Å². The Kier molecular flexibility index (Phi) is 5.26. The Balaban J connectivity index is 1.60. The lowest BCUT2D eigenvalue weighted by Crippen LogP contribution is -2.54. The molecule has 4 atom stereocenters. The van der Waals surface area contributed by atoms with Crippen molar-refractivity contribution in [3.05, 3.63) is 0 Å². The fourth-order valence-corrected chi connectivity index (χ4v) is 4.07. The maximum absolute atomic E-state index is 11.9. The Morgan fingerprint density at radius 3 is 2.67 bits per heavy atom. The second-order valence-corrected chi connectivity index (χ2v) is 7.56. The van der Waals surface area contributed by atoms with Crippen LogP contribution in [0.4, 0.5) is 0 Å². The van der Waals surface area contributed by atoms with Gasteiger partial charge in [-0.15, -0.1) is 0 Å². The fraction of sp³-hybridized carbons (Fsp3) is 0.824. The summed E-state index contributed by atoms with van der Waals surface area (Å²) in [6.45, 7) is 0.750. The van der Waals surface area contributed by atoms with Gasteiger partial charge in [0.1, 0.15) is 6.54 Å². The number of carbonyl (C=O) groups is 2. The normalized spacial score (nSPS) is 32.4. The SMILES string of the molecule is CN(C)C(=O)CN=C(NC1CCC(=O)NC1)NC1CC2CCC1C2. The Bertz CT molecular complexity index is 509. The summed E-state index contributed by atoms with van der Waals surface area (Å²) in [6.07, 6.45) is 6.51. The van der Waals surface area contributed by atoms with E-state index in [4.69, 9.17) is 0 Å². The molecule has 3 fully saturated rings. The van der Waals surface area contributed by atoms with E-state index in [2.05, 4.69) is 20.9 Å². The molecule has 1 aliphatic heterocycles. The third-order valence-corrected chi connectivity index (χ3v) is 5.54. The standard InChI is InChI=1S/C17H29N5O2/c1-22(2)16(24)10-19-17(20-13-5-6-15(23)18-9-13)21-14-8-11-3-4-12(14)7-11/h11-14H,3-10H2,1-2H3,(H,18,23)(H2,19,20,21). The Morgan fingerprint density at radius 1 is 1.25 bits per heavy atom. The highest BCUT2D eigenvalue weighted by molar-refractivity contribution is 5.85. The average Bonchev–Trinajstić information content (AvgIpc) is 3.17. The zero-order valence-electron chi connectivity index (χ0n) is 14.7. The zero-order valence-corrected chi connectivity index (χ0v) is 14.7. The van der Waals surface area contributed by atoms with E-state index in [9.17, 15) is 9.59 Å². The number of hydrogen-bond donors (Lipinski definition) is 3. The number of hydrogen-bond acceptors (Lipinski definition) is 3. The number of nitrogens with one attached hydrogen (secondary N) is 3. The van der Waals surface area contributed by atoms with Gasteiger partial charge in [-0.1, -0.05) is 6.42 Å². The first-order chi connectivity index (χ1) is 11.5. The molecule has 0 radical (unpaired) electrons. The Morgan fingerprint density at radius 2 is 2.08 bits per heavy atom. The second kappa shape index (κ2) is 7.40. The molecule has 1 saturated heterocycles. The predicted octanol–water partition coefficient (Wildman–Crippen LogP) is 0.0770. The molecule has 7 heteroatoms. The molecular weight excluding hydrogens is 306 g/mol. The van der Waals surface area contributed by atoms with Crippen LogP contribution in [-0.4, -0.2) is 61.9 Å². The third-order valence-electron chi connectivity index (χ3n) is 5.54. The van der Waals surface area contributed by atoms with Crippen molar-refractivity contribution < 1.29 is 9.59 Å². The van der Waals surface area contributed by atoms with Gasteiger partial charge in [0, 0.05) is 39.1 Å². The van der Waals surface area contributed by atoms with Gasteiger partial charge in [0.15, 0.2) is 5.96 Å². The molecule has 2 amide bonds. The molecule has 3 aliphatic rings. The highest BCUT2D eigenvalue weighted by Crippen LogP contribution is 2.44. The number of nitrogens with zero attached hydrogens (tertiary/aromatic N) is 2. The lowest BCUT2D eigenvalue weighted by atomic mass is 9.95. The van der Waals surface area contributed by atoms with Gasteiger partial charge >= 0.3 is 0 Å². The fourth-order valence-electron chi connectivity index (χ4n) is 4.07. The number of carbonyl (C=O) groups excluding carboxylic acids is 2. The van der Waals surface area contributed by atoms with Crippen LogP contribution in [-0.2, 0) is 9.59 Å². The van der Waals surface area contributed by atoms with E-state index < -0.39 is 0 Å². The molecule has 0 aromatic heterocycles. The summed E-state index contributed by atoms with van der Waals surface area (Å²) in [4.78, 5) is 29.2. The van der Waals surface area contributed by atoms with Crippen molar-refractivity contribution >= 4 is 17.8 Å². The van der Waals surface area contributed by atoms with Gasteiger partial charge in [-0.2, -0.15) is 0 Å². The first kappa shape index (κ1) is 17.0. The van der Waals surface area contributed by atoms with Gasteiger partial charge in [0.25, 0.3) is 0 Å². The smallest absolute Gasteiger partial charge is 0.243 e. The van der Waals surface area contributed by atoms with Crippen LogP contribution in [0.5, 0.6) is 0 Å². The molecule has 7 nitrogen and oxygen atoms in total. The molecule has 0 aromatic rings. The number of aliphatic imine (C=N–C) groups is 1. The average molecular weight is 335 g/mol. The molecule has 2 saturated carbocycles. The summed E-state index contributed by atoms with van der Waals surface area (Å²) < 4.78 is 0. The van der Waals surface area contributed by atoms with E-state index in [1.807, 2.05) is 0 Å². The number of guanidine groups is 1. The zero-order chi connectivity index (χ0) is 17.1. The molecule has 0 aromatic carbocycles. The molecule has 2 bridgehead atoms. The van der Waals surface area contributed by atoms with E-state index in [1.54, 1.807) is 19.0 Å². The summed E-state index contributed by atoms with van der Waals surface area (Å²) >= 11 is 0. The monoisotopic (exact) mass is 335 g/mol. The minimum atomic E-state index is -0.0130. The van der Waals surface area contributed by atoms with E-state index >= 15 is 0 Å². The van der Waals surface area contributed by atoms with Crippen molar-refractivity contribution in [2.75, 3.05) is 27.2 Å². The largest absolute Gasteiger partial charge is 0.354 e. The van der Waals surface area contributed by atoms with Crippen LogP contribution >= 0.6 is 0 Å². The van der Waals surface area contributed by atoms with Gasteiger partial charge in [0.2, 0.25) is 11.8 Å². The maximum atomic E-state index is 11.9. The minimum Gasteiger partial charge on any atom is -0.354 e. The highest BCUT2D eigenvalue weighted by Gasteiger charge is 2.40. The molecular formula is C17H29N5O2. The van der Waals surface area contributed by atoms with Crippen molar-refractivity contribution in [1.82, 2.24) is 20.9 Å². The minimum absolute atomic E-state index is 0.0130. The van der Waals surface area contributed by atoms with E-state index in [0.29, 0.717) is 25.0 Å². The van der Waals surface area contributed by atoms with Crippen LogP contribution in [0.2, 0.25) is 0 Å². The van der Waals surface area contributed by atoms with E-state index in [-0.39, 0.29) is 24.4 Å². The van der Waals surface area contributed by atoms with Crippen LogP contribution < -0.4 is 16.0 Å². The molecule has 2 aliphatic carbocycles. The lowest BCUT2D eigenvalue weighted by Gasteiger charge is -2.29. The number of piperidine rings is 1. The summed E-state index contributed by atoms with van der Waals surface area (Å²) in [5, 5.41) is 9.85. The lowest BCUT2D eigenvalue weighted by molar-refractivity contribution is -0.127. The van der Waals surface area contributed by atoms with Crippen LogP contribution in [0.1, 0.15) is 38.5 Å². The molecule has 3 N–H and O–H groups in total. The third kappa shape index (κ3) is 4.19. The molecule has 134 valence electrons. The van der Waals surface area contributed by atoms with Crippen LogP contribution in [0, 0.1) is 11.8 Å². The van der Waals surface area contributed by atoms with E-state index in [1.165, 1.54) is 25.7 Å². The van der Waals surface area contributed by atoms with Crippen LogP contribution in [0.25, 0.3) is 0 Å². The second-order valence-electron chi connectivity index (χ2n) is 7.56. The number of fused-ring (bicyclic) bond motifs is 2. The quantitative estimate of drug-likeness (QED) is 0.502. The van der Waals surface area contributed by atoms with Crippen molar-refractivity contribution in [1.29, 1.82) is 0 Å². The first-order valence-electron chi connectivity index (χ1n) is 9.05. The topological polar surface area (TPSA) is 85.8 Å². The van der Waals surface area contributed by atoms with Crippen molar-refractivity contribution in [2.24, 2.45) is 16.8 Å². The van der Waals surface area contributed by atoms with Crippen molar-refractivity contribution in [3.8, 4) is 0 Å². The first-order valence-corrected chi connectivity index (χ1v) is 9.05. The molecule has 3 rings (SSSR count). The molecule has 24 heavy (non-hydrogen) atoms.